The first-order chi connectivity index (χ1) is 12.5. The highest BCUT2D eigenvalue weighted by Crippen LogP contribution is 2.35. The molecule has 26 heavy (non-hydrogen) atoms. The SMILES string of the molecule is COc1cc(OCCCCCCCCCCCO)ccc1OC(F)(F)F. The summed E-state index contributed by atoms with van der Waals surface area (Å²) in [7, 11) is 1.28. The minimum Gasteiger partial charge on any atom is -0.493 e. The number of aliphatic hydroxyl groups excluding tert-OH is 1. The molecule has 0 saturated carbocycles. The molecule has 1 aromatic carbocycles. The average Bonchev–Trinajstić information content (AvgIpc) is 2.59. The number of ether oxygens (including phenoxy) is 3. The molecule has 0 saturated heterocycles. The van der Waals surface area contributed by atoms with Crippen LogP contribution in [-0.2, 0) is 0 Å². The predicted molar refractivity (Wildman–Crippen MR) is 93.8 cm³/mol. The van der Waals surface area contributed by atoms with Crippen molar-refractivity contribution in [3.05, 3.63) is 18.2 Å². The van der Waals surface area contributed by atoms with Crippen LogP contribution in [0.1, 0.15) is 57.8 Å². The lowest BCUT2D eigenvalue weighted by Gasteiger charge is -2.14. The first-order valence-electron chi connectivity index (χ1n) is 9.13. The van der Waals surface area contributed by atoms with Gasteiger partial charge >= 0.3 is 6.36 Å². The zero-order valence-corrected chi connectivity index (χ0v) is 15.3. The summed E-state index contributed by atoms with van der Waals surface area (Å²) < 4.78 is 51.3. The van der Waals surface area contributed by atoms with Gasteiger partial charge in [-0.05, 0) is 25.0 Å². The first-order valence-corrected chi connectivity index (χ1v) is 9.13. The van der Waals surface area contributed by atoms with Gasteiger partial charge in [0, 0.05) is 12.7 Å². The van der Waals surface area contributed by atoms with Crippen molar-refractivity contribution in [2.24, 2.45) is 0 Å². The van der Waals surface area contributed by atoms with E-state index in [0.717, 1.165) is 32.1 Å². The van der Waals surface area contributed by atoms with Gasteiger partial charge in [0.25, 0.3) is 0 Å². The molecule has 1 aromatic rings. The number of aliphatic hydroxyl groups is 1. The second-order valence-electron chi connectivity index (χ2n) is 6.11. The number of hydrogen-bond acceptors (Lipinski definition) is 4. The molecule has 0 fully saturated rings. The molecule has 0 heterocycles. The van der Waals surface area contributed by atoms with E-state index in [4.69, 9.17) is 14.6 Å². The van der Waals surface area contributed by atoms with Gasteiger partial charge in [-0.15, -0.1) is 13.2 Å². The summed E-state index contributed by atoms with van der Waals surface area (Å²) >= 11 is 0. The smallest absolute Gasteiger partial charge is 0.493 e. The summed E-state index contributed by atoms with van der Waals surface area (Å²) in [5.41, 5.74) is 0. The average molecular weight is 378 g/mol. The Bertz CT molecular complexity index is 492. The Balaban J connectivity index is 2.17. The molecular weight excluding hydrogens is 349 g/mol. The maximum absolute atomic E-state index is 12.3. The Morgan fingerprint density at radius 2 is 1.42 bits per heavy atom. The molecule has 0 aromatic heterocycles. The molecule has 1 rings (SSSR count). The summed E-state index contributed by atoms with van der Waals surface area (Å²) in [6, 6.07) is 4.03. The number of unbranched alkanes of at least 4 members (excludes halogenated alkanes) is 8. The lowest BCUT2D eigenvalue weighted by molar-refractivity contribution is -0.275. The largest absolute Gasteiger partial charge is 0.573 e. The van der Waals surface area contributed by atoms with Crippen molar-refractivity contribution in [1.29, 1.82) is 0 Å². The van der Waals surface area contributed by atoms with E-state index in [1.54, 1.807) is 0 Å². The van der Waals surface area contributed by atoms with Crippen molar-refractivity contribution < 1.29 is 32.5 Å². The number of hydrogen-bond donors (Lipinski definition) is 1. The Kier molecular flexibility index (Phi) is 10.9. The van der Waals surface area contributed by atoms with Crippen LogP contribution in [0.4, 0.5) is 13.2 Å². The predicted octanol–water partition coefficient (Wildman–Crippen LogP) is 5.48. The highest BCUT2D eigenvalue weighted by molar-refractivity contribution is 5.45. The summed E-state index contributed by atoms with van der Waals surface area (Å²) in [5.74, 6) is 0.0626. The van der Waals surface area contributed by atoms with Crippen LogP contribution in [0.5, 0.6) is 17.2 Å². The zero-order valence-electron chi connectivity index (χ0n) is 15.3. The number of benzene rings is 1. The zero-order chi connectivity index (χ0) is 19.3. The fourth-order valence-electron chi connectivity index (χ4n) is 2.59. The molecular formula is C19H29F3O4. The first kappa shape index (κ1) is 22.4. The van der Waals surface area contributed by atoms with Crippen molar-refractivity contribution in [3.63, 3.8) is 0 Å². The van der Waals surface area contributed by atoms with Gasteiger partial charge in [-0.1, -0.05) is 44.9 Å². The van der Waals surface area contributed by atoms with Gasteiger partial charge in [0.05, 0.1) is 13.7 Å². The van der Waals surface area contributed by atoms with Crippen LogP contribution in [0.25, 0.3) is 0 Å². The topological polar surface area (TPSA) is 47.9 Å². The van der Waals surface area contributed by atoms with Crippen LogP contribution in [0.2, 0.25) is 0 Å². The van der Waals surface area contributed by atoms with Crippen LogP contribution in [-0.4, -0.2) is 31.8 Å². The molecule has 0 amide bonds. The van der Waals surface area contributed by atoms with Crippen LogP contribution < -0.4 is 14.2 Å². The van der Waals surface area contributed by atoms with Gasteiger partial charge in [-0.25, -0.2) is 0 Å². The van der Waals surface area contributed by atoms with E-state index < -0.39 is 6.36 Å². The van der Waals surface area contributed by atoms with Crippen molar-refractivity contribution in [2.75, 3.05) is 20.3 Å². The lowest BCUT2D eigenvalue weighted by atomic mass is 10.1. The third-order valence-electron chi connectivity index (χ3n) is 3.93. The van der Waals surface area contributed by atoms with E-state index in [1.807, 2.05) is 0 Å². The Labute approximate surface area is 153 Å². The molecule has 0 bridgehead atoms. The number of alkyl halides is 3. The lowest BCUT2D eigenvalue weighted by Crippen LogP contribution is -2.17. The highest BCUT2D eigenvalue weighted by atomic mass is 19.4. The molecule has 0 spiro atoms. The standard InChI is InChI=1S/C19H29F3O4/c1-24-18-15-16(11-12-17(18)26-19(20,21)22)25-14-10-8-6-4-2-3-5-7-9-13-23/h11-12,15,23H,2-10,13-14H2,1H3. The molecule has 0 aliphatic heterocycles. The fourth-order valence-corrected chi connectivity index (χ4v) is 2.59. The van der Waals surface area contributed by atoms with Crippen LogP contribution in [0.3, 0.4) is 0 Å². The summed E-state index contributed by atoms with van der Waals surface area (Å²) in [4.78, 5) is 0. The second-order valence-corrected chi connectivity index (χ2v) is 6.11. The normalized spacial score (nSPS) is 11.4. The van der Waals surface area contributed by atoms with Gasteiger partial charge < -0.3 is 19.3 Å². The summed E-state index contributed by atoms with van der Waals surface area (Å²) in [5, 5.41) is 8.69. The quantitative estimate of drug-likeness (QED) is 0.436. The van der Waals surface area contributed by atoms with Gasteiger partial charge in [0.2, 0.25) is 0 Å². The molecule has 4 nitrogen and oxygen atoms in total. The third-order valence-corrected chi connectivity index (χ3v) is 3.93. The van der Waals surface area contributed by atoms with Gasteiger partial charge in [0.1, 0.15) is 5.75 Å². The van der Waals surface area contributed by atoms with E-state index in [1.165, 1.54) is 51.0 Å². The molecule has 0 aliphatic carbocycles. The Hall–Kier alpha value is -1.63. The van der Waals surface area contributed by atoms with Crippen molar-refractivity contribution in [3.8, 4) is 17.2 Å². The maximum Gasteiger partial charge on any atom is 0.573 e. The second kappa shape index (κ2) is 12.7. The van der Waals surface area contributed by atoms with Crippen LogP contribution in [0, 0.1) is 0 Å². The molecule has 7 heteroatoms. The van der Waals surface area contributed by atoms with Gasteiger partial charge in [0.15, 0.2) is 11.5 Å². The van der Waals surface area contributed by atoms with E-state index in [9.17, 15) is 13.2 Å². The van der Waals surface area contributed by atoms with Gasteiger partial charge in [-0.2, -0.15) is 0 Å². The van der Waals surface area contributed by atoms with Crippen LogP contribution >= 0.6 is 0 Å². The van der Waals surface area contributed by atoms with E-state index >= 15 is 0 Å². The highest BCUT2D eigenvalue weighted by Gasteiger charge is 2.32. The molecule has 1 N–H and O–H groups in total. The van der Waals surface area contributed by atoms with E-state index in [2.05, 4.69) is 4.74 Å². The maximum atomic E-state index is 12.3. The van der Waals surface area contributed by atoms with Crippen molar-refractivity contribution in [1.82, 2.24) is 0 Å². The number of methoxy groups -OCH3 is 1. The molecule has 0 aliphatic rings. The molecule has 0 unspecified atom stereocenters. The number of rotatable bonds is 14. The monoisotopic (exact) mass is 378 g/mol. The van der Waals surface area contributed by atoms with E-state index in [0.29, 0.717) is 12.4 Å². The van der Waals surface area contributed by atoms with Gasteiger partial charge in [-0.3, -0.25) is 0 Å². The van der Waals surface area contributed by atoms with Crippen molar-refractivity contribution in [2.45, 2.75) is 64.1 Å². The van der Waals surface area contributed by atoms with Crippen LogP contribution in [0.15, 0.2) is 18.2 Å². The Morgan fingerprint density at radius 1 is 0.846 bits per heavy atom. The molecule has 0 atom stereocenters. The third kappa shape index (κ3) is 10.4. The fraction of sp³-hybridized carbons (Fsp3) is 0.684. The summed E-state index contributed by atoms with van der Waals surface area (Å²) in [6.45, 7) is 0.795. The van der Waals surface area contributed by atoms with E-state index in [-0.39, 0.29) is 18.1 Å². The molecule has 0 radical (unpaired) electrons. The minimum atomic E-state index is -4.76. The molecule has 150 valence electrons. The van der Waals surface area contributed by atoms with Crippen molar-refractivity contribution >= 4 is 0 Å². The summed E-state index contributed by atoms with van der Waals surface area (Å²) in [6.07, 6.45) is 5.13. The number of halogens is 3. The minimum absolute atomic E-state index is 0.0129. The Morgan fingerprint density at radius 3 is 1.96 bits per heavy atom.